The van der Waals surface area contributed by atoms with Gasteiger partial charge in [0.25, 0.3) is 5.91 Å². The minimum absolute atomic E-state index is 0.0638. The maximum atomic E-state index is 12.2. The van der Waals surface area contributed by atoms with E-state index >= 15 is 0 Å². The fourth-order valence-corrected chi connectivity index (χ4v) is 2.61. The van der Waals surface area contributed by atoms with Crippen molar-refractivity contribution in [2.75, 3.05) is 19.0 Å². The van der Waals surface area contributed by atoms with Gasteiger partial charge in [0.05, 0.1) is 13.3 Å². The molecular weight excluding hydrogens is 432 g/mol. The summed E-state index contributed by atoms with van der Waals surface area (Å²) >= 11 is 8.11. The Morgan fingerprint density at radius 1 is 1.33 bits per heavy atom. The summed E-state index contributed by atoms with van der Waals surface area (Å²) in [6, 6.07) is 10.9. The highest BCUT2D eigenvalue weighted by Gasteiger charge is 2.12. The molecule has 0 radical (unpaired) electrons. The molecule has 0 aromatic heterocycles. The van der Waals surface area contributed by atoms with Crippen molar-refractivity contribution < 1.29 is 14.3 Å². The van der Waals surface area contributed by atoms with E-state index in [1.165, 1.54) is 13.3 Å². The number of thiocarbonyl (C=S) groups is 1. The molecule has 27 heavy (non-hydrogen) atoms. The number of hydrogen-bond acceptors (Lipinski definition) is 5. The van der Waals surface area contributed by atoms with Crippen LogP contribution >= 0.6 is 28.1 Å². The summed E-state index contributed by atoms with van der Waals surface area (Å²) in [6.07, 6.45) is 1.53. The number of anilines is 1. The van der Waals surface area contributed by atoms with Crippen molar-refractivity contribution in [3.8, 4) is 11.5 Å². The summed E-state index contributed by atoms with van der Waals surface area (Å²) in [4.78, 5) is 12.2. The van der Waals surface area contributed by atoms with Crippen LogP contribution < -0.4 is 25.9 Å². The van der Waals surface area contributed by atoms with E-state index in [1.54, 1.807) is 12.1 Å². The molecule has 0 bridgehead atoms. The highest BCUT2D eigenvalue weighted by molar-refractivity contribution is 9.10. The van der Waals surface area contributed by atoms with Crippen molar-refractivity contribution in [3.63, 3.8) is 0 Å². The van der Waals surface area contributed by atoms with Gasteiger partial charge in [0.15, 0.2) is 23.2 Å². The maximum absolute atomic E-state index is 12.2. The van der Waals surface area contributed by atoms with Gasteiger partial charge in [-0.2, -0.15) is 5.10 Å². The maximum Gasteiger partial charge on any atom is 0.262 e. The first-order valence-corrected chi connectivity index (χ1v) is 9.05. The average Bonchev–Trinajstić information content (AvgIpc) is 2.63. The molecule has 0 aliphatic rings. The van der Waals surface area contributed by atoms with Crippen molar-refractivity contribution in [2.45, 2.75) is 6.92 Å². The summed E-state index contributed by atoms with van der Waals surface area (Å²) in [5, 5.41) is 6.78. The number of halogens is 1. The van der Waals surface area contributed by atoms with Crippen LogP contribution in [0.5, 0.6) is 11.5 Å². The second-order valence-corrected chi connectivity index (χ2v) is 6.70. The van der Waals surface area contributed by atoms with Crippen molar-refractivity contribution in [3.05, 3.63) is 52.0 Å². The minimum atomic E-state index is -0.270. The predicted molar refractivity (Wildman–Crippen MR) is 114 cm³/mol. The zero-order chi connectivity index (χ0) is 19.8. The topological polar surface area (TPSA) is 98.0 Å². The van der Waals surface area contributed by atoms with Gasteiger partial charge in [-0.3, -0.25) is 10.2 Å². The molecule has 0 saturated heterocycles. The van der Waals surface area contributed by atoms with Gasteiger partial charge in [0, 0.05) is 15.7 Å². The number of ether oxygens (including phenoxy) is 2. The number of nitrogens with zero attached hydrogens (tertiary/aromatic N) is 1. The van der Waals surface area contributed by atoms with Crippen molar-refractivity contribution >= 4 is 51.1 Å². The van der Waals surface area contributed by atoms with Crippen LogP contribution in [0.3, 0.4) is 0 Å². The Balaban J connectivity index is 2.06. The van der Waals surface area contributed by atoms with Crippen molar-refractivity contribution in [1.82, 2.24) is 5.43 Å². The Kier molecular flexibility index (Phi) is 7.56. The first-order valence-electron chi connectivity index (χ1n) is 7.85. The SMILES string of the molecule is COc1cc(/C=N/NC(N)=S)c(Br)cc1OCC(=O)Nc1ccccc1C. The molecule has 7 nitrogen and oxygen atoms in total. The van der Waals surface area contributed by atoms with E-state index < -0.39 is 0 Å². The molecule has 4 N–H and O–H groups in total. The van der Waals surface area contributed by atoms with Crippen LogP contribution in [0.1, 0.15) is 11.1 Å². The van der Waals surface area contributed by atoms with E-state index in [-0.39, 0.29) is 17.6 Å². The zero-order valence-corrected chi connectivity index (χ0v) is 17.2. The van der Waals surface area contributed by atoms with Gasteiger partial charge in [-0.25, -0.2) is 0 Å². The van der Waals surface area contributed by atoms with Gasteiger partial charge in [-0.1, -0.05) is 18.2 Å². The molecule has 142 valence electrons. The van der Waals surface area contributed by atoms with E-state index in [4.69, 9.17) is 15.2 Å². The first kappa shape index (κ1) is 20.7. The number of para-hydroxylation sites is 1. The number of amides is 1. The molecule has 2 aromatic rings. The van der Waals surface area contributed by atoms with Crippen LogP contribution in [-0.2, 0) is 4.79 Å². The lowest BCUT2D eigenvalue weighted by molar-refractivity contribution is -0.118. The van der Waals surface area contributed by atoms with Crippen LogP contribution in [0.2, 0.25) is 0 Å². The highest BCUT2D eigenvalue weighted by atomic mass is 79.9. The summed E-state index contributed by atoms with van der Waals surface area (Å²) in [7, 11) is 1.51. The molecular formula is C18H19BrN4O3S. The monoisotopic (exact) mass is 450 g/mol. The summed E-state index contributed by atoms with van der Waals surface area (Å²) in [6.45, 7) is 1.76. The molecule has 0 heterocycles. The van der Waals surface area contributed by atoms with Gasteiger partial charge in [-0.05, 0) is 58.8 Å². The number of nitrogens with two attached hydrogens (primary N) is 1. The van der Waals surface area contributed by atoms with Crippen LogP contribution in [0.25, 0.3) is 0 Å². The first-order chi connectivity index (χ1) is 12.9. The Morgan fingerprint density at radius 2 is 2.07 bits per heavy atom. The lowest BCUT2D eigenvalue weighted by Gasteiger charge is -2.13. The number of hydrogen-bond donors (Lipinski definition) is 3. The van der Waals surface area contributed by atoms with Crippen LogP contribution in [0.15, 0.2) is 46.0 Å². The Bertz CT molecular complexity index is 874. The molecule has 0 fully saturated rings. The number of hydrazone groups is 1. The zero-order valence-electron chi connectivity index (χ0n) is 14.8. The largest absolute Gasteiger partial charge is 0.493 e. The normalized spacial score (nSPS) is 10.5. The van der Waals surface area contributed by atoms with Crippen molar-refractivity contribution in [2.24, 2.45) is 10.8 Å². The second-order valence-electron chi connectivity index (χ2n) is 5.41. The van der Waals surface area contributed by atoms with E-state index in [0.29, 0.717) is 21.5 Å². The quantitative estimate of drug-likeness (QED) is 0.340. The van der Waals surface area contributed by atoms with E-state index in [2.05, 4.69) is 44.0 Å². The van der Waals surface area contributed by atoms with E-state index in [0.717, 1.165) is 11.3 Å². The van der Waals surface area contributed by atoms with Crippen LogP contribution in [0, 0.1) is 6.92 Å². The standard InChI is InChI=1S/C18H19BrN4O3S/c1-11-5-3-4-6-14(11)22-17(24)10-26-16-8-13(19)12(7-15(16)25-2)9-21-23-18(20)27/h3-9H,10H2,1-2H3,(H,22,24)(H3,20,23,27)/b21-9+. The molecule has 9 heteroatoms. The number of methoxy groups -OCH3 is 1. The molecule has 0 spiro atoms. The predicted octanol–water partition coefficient (Wildman–Crippen LogP) is 2.95. The highest BCUT2D eigenvalue weighted by Crippen LogP contribution is 2.33. The molecule has 0 aliphatic carbocycles. The van der Waals surface area contributed by atoms with Gasteiger partial charge < -0.3 is 20.5 Å². The molecule has 0 aliphatic heterocycles. The van der Waals surface area contributed by atoms with Crippen LogP contribution in [0.4, 0.5) is 5.69 Å². The number of rotatable bonds is 7. The van der Waals surface area contributed by atoms with Gasteiger partial charge in [0.2, 0.25) is 0 Å². The minimum Gasteiger partial charge on any atom is -0.493 e. The number of carbonyl (C=O) groups excluding carboxylic acids is 1. The fraction of sp³-hybridized carbons (Fsp3) is 0.167. The molecule has 0 atom stereocenters. The molecule has 2 aromatic carbocycles. The van der Waals surface area contributed by atoms with Gasteiger partial charge >= 0.3 is 0 Å². The molecule has 1 amide bonds. The number of carbonyl (C=O) groups is 1. The average molecular weight is 451 g/mol. The molecule has 0 saturated carbocycles. The smallest absolute Gasteiger partial charge is 0.262 e. The number of benzene rings is 2. The Hall–Kier alpha value is -2.65. The third kappa shape index (κ3) is 6.22. The summed E-state index contributed by atoms with van der Waals surface area (Å²) in [5.74, 6) is 0.608. The van der Waals surface area contributed by atoms with Gasteiger partial charge in [0.1, 0.15) is 0 Å². The lowest BCUT2D eigenvalue weighted by atomic mass is 10.2. The van der Waals surface area contributed by atoms with E-state index in [9.17, 15) is 4.79 Å². The van der Waals surface area contributed by atoms with Crippen molar-refractivity contribution in [1.29, 1.82) is 0 Å². The fourth-order valence-electron chi connectivity index (χ4n) is 2.13. The van der Waals surface area contributed by atoms with Gasteiger partial charge in [-0.15, -0.1) is 0 Å². The molecule has 0 unspecified atom stereocenters. The summed E-state index contributed by atoms with van der Waals surface area (Å²) < 4.78 is 11.6. The van der Waals surface area contributed by atoms with Crippen LogP contribution in [-0.4, -0.2) is 31.0 Å². The second kappa shape index (κ2) is 9.89. The summed E-state index contributed by atoms with van der Waals surface area (Å²) in [5.41, 5.74) is 10.2. The lowest BCUT2D eigenvalue weighted by Crippen LogP contribution is -2.24. The third-order valence-electron chi connectivity index (χ3n) is 3.44. The number of aryl methyl sites for hydroxylation is 1. The number of nitrogens with one attached hydrogen (secondary N) is 2. The third-order valence-corrected chi connectivity index (χ3v) is 4.22. The Morgan fingerprint density at radius 3 is 2.74 bits per heavy atom. The van der Waals surface area contributed by atoms with E-state index in [1.807, 2.05) is 31.2 Å². The Labute approximate surface area is 171 Å². The molecule has 2 rings (SSSR count).